The molecule has 2 aliphatic carbocycles. The minimum Gasteiger partial charge on any atom is -0.359 e. The van der Waals surface area contributed by atoms with Crippen LogP contribution in [0.1, 0.15) is 31.2 Å². The van der Waals surface area contributed by atoms with Crippen molar-refractivity contribution in [2.24, 2.45) is 17.8 Å². The van der Waals surface area contributed by atoms with Crippen LogP contribution < -0.4 is 10.2 Å². The molecule has 0 aliphatic heterocycles. The van der Waals surface area contributed by atoms with Gasteiger partial charge in [0.15, 0.2) is 0 Å². The maximum atomic E-state index is 4.59. The van der Waals surface area contributed by atoms with Gasteiger partial charge >= 0.3 is 0 Å². The topological polar surface area (TPSA) is 28.2 Å². The van der Waals surface area contributed by atoms with Crippen LogP contribution in [0.2, 0.25) is 0 Å². The van der Waals surface area contributed by atoms with Crippen LogP contribution in [-0.2, 0) is 6.54 Å². The molecule has 104 valence electrons. The summed E-state index contributed by atoms with van der Waals surface area (Å²) in [4.78, 5) is 6.93. The molecule has 1 N–H and O–H groups in total. The van der Waals surface area contributed by atoms with Crippen LogP contribution in [0.15, 0.2) is 18.3 Å². The molecule has 2 aliphatic rings. The van der Waals surface area contributed by atoms with E-state index >= 15 is 0 Å². The van der Waals surface area contributed by atoms with Crippen molar-refractivity contribution in [3.63, 3.8) is 0 Å². The van der Waals surface area contributed by atoms with Crippen LogP contribution in [0, 0.1) is 17.8 Å². The summed E-state index contributed by atoms with van der Waals surface area (Å²) in [6, 6.07) is 4.33. The third-order valence-corrected chi connectivity index (χ3v) is 4.97. The molecule has 3 rings (SSSR count). The number of rotatable bonds is 5. The van der Waals surface area contributed by atoms with Crippen molar-refractivity contribution in [2.75, 3.05) is 25.5 Å². The number of pyridine rings is 1. The maximum absolute atomic E-state index is 4.59. The van der Waals surface area contributed by atoms with Gasteiger partial charge in [0.2, 0.25) is 0 Å². The number of nitrogens with zero attached hydrogens (tertiary/aromatic N) is 2. The minimum absolute atomic E-state index is 0.892. The average Bonchev–Trinajstić information content (AvgIpc) is 3.02. The van der Waals surface area contributed by atoms with E-state index in [-0.39, 0.29) is 0 Å². The van der Waals surface area contributed by atoms with Gasteiger partial charge in [0, 0.05) is 26.3 Å². The van der Waals surface area contributed by atoms with Crippen molar-refractivity contribution in [3.05, 3.63) is 23.9 Å². The first-order chi connectivity index (χ1) is 9.26. The number of hydrogen-bond acceptors (Lipinski definition) is 3. The van der Waals surface area contributed by atoms with Gasteiger partial charge in [-0.2, -0.15) is 0 Å². The predicted octanol–water partition coefficient (Wildman–Crippen LogP) is 2.67. The lowest BCUT2D eigenvalue weighted by Crippen LogP contribution is -2.29. The number of aromatic nitrogens is 1. The lowest BCUT2D eigenvalue weighted by Gasteiger charge is -2.28. The predicted molar refractivity (Wildman–Crippen MR) is 79.2 cm³/mol. The number of anilines is 1. The third kappa shape index (κ3) is 2.76. The third-order valence-electron chi connectivity index (χ3n) is 4.97. The molecule has 0 radical (unpaired) electrons. The fourth-order valence-electron chi connectivity index (χ4n) is 4.00. The molecular formula is C16H25N3. The van der Waals surface area contributed by atoms with Crippen molar-refractivity contribution in [1.82, 2.24) is 10.3 Å². The molecule has 3 atom stereocenters. The fraction of sp³-hybridized carbons (Fsp3) is 0.688. The molecule has 0 spiro atoms. The normalized spacial score (nSPS) is 28.8. The van der Waals surface area contributed by atoms with Crippen LogP contribution in [0.5, 0.6) is 0 Å². The summed E-state index contributed by atoms with van der Waals surface area (Å²) in [5.74, 6) is 4.05. The van der Waals surface area contributed by atoms with Crippen LogP contribution >= 0.6 is 0 Å². The van der Waals surface area contributed by atoms with E-state index in [9.17, 15) is 0 Å². The smallest absolute Gasteiger partial charge is 0.128 e. The Morgan fingerprint density at radius 1 is 1.32 bits per heavy atom. The second-order valence-electron chi connectivity index (χ2n) is 6.37. The Kier molecular flexibility index (Phi) is 3.74. The summed E-state index contributed by atoms with van der Waals surface area (Å²) >= 11 is 0. The molecule has 1 heterocycles. The highest BCUT2D eigenvalue weighted by Gasteiger charge is 2.39. The van der Waals surface area contributed by atoms with Crippen molar-refractivity contribution < 1.29 is 0 Å². The highest BCUT2D eigenvalue weighted by molar-refractivity contribution is 5.38. The fourth-order valence-corrected chi connectivity index (χ4v) is 4.00. The molecule has 0 saturated heterocycles. The number of fused-ring (bicyclic) bond motifs is 2. The quantitative estimate of drug-likeness (QED) is 0.881. The van der Waals surface area contributed by atoms with E-state index in [2.05, 4.69) is 34.4 Å². The largest absolute Gasteiger partial charge is 0.359 e. The molecule has 0 amide bonds. The molecular weight excluding hydrogens is 234 g/mol. The Morgan fingerprint density at radius 3 is 2.79 bits per heavy atom. The molecule has 2 fully saturated rings. The molecule has 3 unspecified atom stereocenters. The monoisotopic (exact) mass is 259 g/mol. The van der Waals surface area contributed by atoms with Crippen molar-refractivity contribution >= 4 is 5.82 Å². The van der Waals surface area contributed by atoms with Gasteiger partial charge < -0.3 is 10.2 Å². The Bertz CT molecular complexity index is 415. The molecule has 2 saturated carbocycles. The first kappa shape index (κ1) is 12.9. The van der Waals surface area contributed by atoms with E-state index in [0.29, 0.717) is 0 Å². The zero-order chi connectivity index (χ0) is 13.2. The highest BCUT2D eigenvalue weighted by atomic mass is 15.2. The lowest BCUT2D eigenvalue weighted by molar-refractivity contribution is 0.337. The van der Waals surface area contributed by atoms with Crippen LogP contribution in [0.4, 0.5) is 5.82 Å². The second-order valence-corrected chi connectivity index (χ2v) is 6.37. The molecule has 3 heteroatoms. The zero-order valence-corrected chi connectivity index (χ0v) is 12.1. The summed E-state index contributed by atoms with van der Waals surface area (Å²) in [6.45, 7) is 2.07. The van der Waals surface area contributed by atoms with Crippen LogP contribution in [0.3, 0.4) is 0 Å². The second kappa shape index (κ2) is 5.49. The first-order valence-corrected chi connectivity index (χ1v) is 7.57. The molecule has 19 heavy (non-hydrogen) atoms. The summed E-state index contributed by atoms with van der Waals surface area (Å²) in [7, 11) is 4.15. The summed E-state index contributed by atoms with van der Waals surface area (Å²) in [5.41, 5.74) is 1.25. The van der Waals surface area contributed by atoms with Gasteiger partial charge in [-0.1, -0.05) is 12.5 Å². The standard InChI is InChI=1S/C16H25N3/c1-17-9-13-4-6-16(18-10-13)19(2)11-15-8-12-3-5-14(15)7-12/h4,6,10,12,14-15,17H,3,5,7-9,11H2,1-2H3. The Labute approximate surface area is 116 Å². The average molecular weight is 259 g/mol. The SMILES string of the molecule is CNCc1ccc(N(C)CC2CC3CCC2C3)nc1. The van der Waals surface area contributed by atoms with Gasteiger partial charge in [0.1, 0.15) is 5.82 Å². The van der Waals surface area contributed by atoms with Crippen molar-refractivity contribution in [2.45, 2.75) is 32.2 Å². The van der Waals surface area contributed by atoms with Gasteiger partial charge in [-0.3, -0.25) is 0 Å². The molecule has 3 nitrogen and oxygen atoms in total. The first-order valence-electron chi connectivity index (χ1n) is 7.57. The molecule has 2 bridgehead atoms. The molecule has 1 aromatic rings. The highest BCUT2D eigenvalue weighted by Crippen LogP contribution is 2.48. The summed E-state index contributed by atoms with van der Waals surface area (Å²) in [5, 5.41) is 3.16. The number of nitrogens with one attached hydrogen (secondary N) is 1. The van der Waals surface area contributed by atoms with Crippen molar-refractivity contribution in [1.29, 1.82) is 0 Å². The van der Waals surface area contributed by atoms with E-state index in [0.717, 1.165) is 30.1 Å². The summed E-state index contributed by atoms with van der Waals surface area (Å²) in [6.07, 6.45) is 7.89. The van der Waals surface area contributed by atoms with E-state index < -0.39 is 0 Å². The summed E-state index contributed by atoms with van der Waals surface area (Å²) < 4.78 is 0. The van der Waals surface area contributed by atoms with Crippen LogP contribution in [0.25, 0.3) is 0 Å². The Balaban J connectivity index is 1.59. The van der Waals surface area contributed by atoms with Gasteiger partial charge in [-0.25, -0.2) is 4.98 Å². The van der Waals surface area contributed by atoms with Crippen molar-refractivity contribution in [3.8, 4) is 0 Å². The van der Waals surface area contributed by atoms with Gasteiger partial charge in [-0.05, 0) is 55.7 Å². The van der Waals surface area contributed by atoms with Gasteiger partial charge in [0.25, 0.3) is 0 Å². The Hall–Kier alpha value is -1.09. The molecule has 0 aromatic carbocycles. The van der Waals surface area contributed by atoms with E-state index in [1.165, 1.54) is 37.8 Å². The zero-order valence-electron chi connectivity index (χ0n) is 12.1. The van der Waals surface area contributed by atoms with Gasteiger partial charge in [0.05, 0.1) is 0 Å². The van der Waals surface area contributed by atoms with E-state index in [1.54, 1.807) is 0 Å². The van der Waals surface area contributed by atoms with E-state index in [4.69, 9.17) is 0 Å². The minimum atomic E-state index is 0.892. The lowest BCUT2D eigenvalue weighted by atomic mass is 9.88. The maximum Gasteiger partial charge on any atom is 0.128 e. The Morgan fingerprint density at radius 2 is 2.21 bits per heavy atom. The van der Waals surface area contributed by atoms with E-state index in [1.807, 2.05) is 13.2 Å². The molecule has 1 aromatic heterocycles. The number of hydrogen-bond donors (Lipinski definition) is 1. The van der Waals surface area contributed by atoms with Gasteiger partial charge in [-0.15, -0.1) is 0 Å². The van der Waals surface area contributed by atoms with Crippen LogP contribution in [-0.4, -0.2) is 25.6 Å².